The first-order chi connectivity index (χ1) is 17.2. The highest BCUT2D eigenvalue weighted by Crippen LogP contribution is 2.39. The van der Waals surface area contributed by atoms with Crippen LogP contribution in [0.5, 0.6) is 5.75 Å². The number of halogens is 6. The fourth-order valence-electron chi connectivity index (χ4n) is 4.11. The Morgan fingerprint density at radius 3 is 2.08 bits per heavy atom. The fraction of sp³-hybridized carbons (Fsp3) is 0.269. The van der Waals surface area contributed by atoms with Crippen molar-refractivity contribution in [3.05, 3.63) is 89.7 Å². The molecular weight excluding hydrogens is 500 g/mol. The van der Waals surface area contributed by atoms with Gasteiger partial charge in [0.05, 0.1) is 17.3 Å². The smallest absolute Gasteiger partial charge is 0.406 e. The molecule has 1 atom stereocenters. The van der Waals surface area contributed by atoms with E-state index in [0.717, 1.165) is 23.8 Å². The lowest BCUT2D eigenvalue weighted by Crippen LogP contribution is -2.30. The molecule has 1 aliphatic heterocycles. The molecule has 1 saturated heterocycles. The minimum Gasteiger partial charge on any atom is -0.406 e. The molecule has 37 heavy (non-hydrogen) atoms. The molecule has 2 aromatic carbocycles. The summed E-state index contributed by atoms with van der Waals surface area (Å²) in [6, 6.07) is 16.8. The third-order valence-electron chi connectivity index (χ3n) is 5.78. The molecule has 1 aliphatic rings. The molecule has 5 nitrogen and oxygen atoms in total. The Labute approximate surface area is 208 Å². The summed E-state index contributed by atoms with van der Waals surface area (Å²) >= 11 is 0. The Bertz CT molecular complexity index is 1300. The zero-order valence-corrected chi connectivity index (χ0v) is 19.6. The monoisotopic (exact) mass is 521 g/mol. The fourth-order valence-corrected chi connectivity index (χ4v) is 4.11. The standard InChI is InChI=1S/C26H21F6N3O2/c1-24(2,21-9-6-10-22(33-21)25(27,28)29)34-19-15-20(16-7-4-3-5-8-16)35(23(19)36)17-11-13-18(14-12-17)37-26(30,31)32/h3-14,20H,15H2,1-2H3/t20-/m1/s1. The van der Waals surface area contributed by atoms with Gasteiger partial charge in [-0.05, 0) is 55.8 Å². The summed E-state index contributed by atoms with van der Waals surface area (Å²) in [5, 5.41) is 0. The number of hydrogen-bond acceptors (Lipinski definition) is 4. The van der Waals surface area contributed by atoms with Crippen molar-refractivity contribution in [1.29, 1.82) is 0 Å². The molecule has 1 aromatic heterocycles. The van der Waals surface area contributed by atoms with Crippen molar-refractivity contribution in [1.82, 2.24) is 4.98 Å². The lowest BCUT2D eigenvalue weighted by molar-refractivity contribution is -0.274. The topological polar surface area (TPSA) is 54.8 Å². The summed E-state index contributed by atoms with van der Waals surface area (Å²) < 4.78 is 81.2. The van der Waals surface area contributed by atoms with Crippen molar-refractivity contribution in [2.45, 2.75) is 44.4 Å². The van der Waals surface area contributed by atoms with Crippen molar-refractivity contribution < 1.29 is 35.9 Å². The largest absolute Gasteiger partial charge is 0.573 e. The van der Waals surface area contributed by atoms with Crippen LogP contribution in [0.1, 0.15) is 43.3 Å². The predicted molar refractivity (Wildman–Crippen MR) is 124 cm³/mol. The maximum atomic E-state index is 13.5. The lowest BCUT2D eigenvalue weighted by atomic mass is 9.99. The van der Waals surface area contributed by atoms with E-state index in [1.165, 1.54) is 29.2 Å². The molecule has 0 saturated carbocycles. The zero-order chi connectivity index (χ0) is 27.0. The number of ether oxygens (including phenoxy) is 1. The number of anilines is 1. The second-order valence-corrected chi connectivity index (χ2v) is 8.87. The quantitative estimate of drug-likeness (QED) is 0.345. The van der Waals surface area contributed by atoms with Crippen LogP contribution in [-0.2, 0) is 16.5 Å². The van der Waals surface area contributed by atoms with E-state index in [0.29, 0.717) is 5.69 Å². The van der Waals surface area contributed by atoms with Crippen molar-refractivity contribution >= 4 is 17.3 Å². The van der Waals surface area contributed by atoms with Crippen molar-refractivity contribution in [2.75, 3.05) is 4.90 Å². The van der Waals surface area contributed by atoms with Gasteiger partial charge in [-0.15, -0.1) is 13.2 Å². The van der Waals surface area contributed by atoms with Gasteiger partial charge in [0.15, 0.2) is 0 Å². The van der Waals surface area contributed by atoms with E-state index in [1.807, 2.05) is 0 Å². The summed E-state index contributed by atoms with van der Waals surface area (Å²) in [7, 11) is 0. The second kappa shape index (κ2) is 9.53. The third-order valence-corrected chi connectivity index (χ3v) is 5.78. The maximum Gasteiger partial charge on any atom is 0.573 e. The highest BCUT2D eigenvalue weighted by atomic mass is 19.4. The van der Waals surface area contributed by atoms with E-state index in [-0.39, 0.29) is 17.8 Å². The molecule has 1 fully saturated rings. The zero-order valence-electron chi connectivity index (χ0n) is 19.6. The molecule has 2 heterocycles. The summed E-state index contributed by atoms with van der Waals surface area (Å²) in [4.78, 5) is 23.2. The lowest BCUT2D eigenvalue weighted by Gasteiger charge is -2.25. The Hall–Kier alpha value is -3.89. The number of carbonyl (C=O) groups is 1. The molecule has 0 spiro atoms. The molecule has 194 valence electrons. The molecule has 0 radical (unpaired) electrons. The van der Waals surface area contributed by atoms with Gasteiger partial charge in [-0.2, -0.15) is 13.2 Å². The van der Waals surface area contributed by atoms with E-state index < -0.39 is 41.5 Å². The van der Waals surface area contributed by atoms with Gasteiger partial charge >= 0.3 is 12.5 Å². The molecular formula is C26H21F6N3O2. The molecule has 0 unspecified atom stereocenters. The first kappa shape index (κ1) is 26.2. The van der Waals surface area contributed by atoms with Crippen LogP contribution in [0.3, 0.4) is 0 Å². The van der Waals surface area contributed by atoms with E-state index in [2.05, 4.69) is 14.7 Å². The summed E-state index contributed by atoms with van der Waals surface area (Å²) in [6.07, 6.45) is -9.37. The normalized spacial score (nSPS) is 17.9. The van der Waals surface area contributed by atoms with Crippen LogP contribution in [-0.4, -0.2) is 23.0 Å². The number of rotatable bonds is 5. The van der Waals surface area contributed by atoms with Crippen LogP contribution in [0.15, 0.2) is 77.8 Å². The number of amides is 1. The second-order valence-electron chi connectivity index (χ2n) is 8.87. The average molecular weight is 521 g/mol. The third kappa shape index (κ3) is 5.92. The Morgan fingerprint density at radius 1 is 0.865 bits per heavy atom. The van der Waals surface area contributed by atoms with E-state index in [4.69, 9.17) is 0 Å². The highest BCUT2D eigenvalue weighted by Gasteiger charge is 2.41. The minimum absolute atomic E-state index is 0.0333. The molecule has 3 aromatic rings. The molecule has 11 heteroatoms. The Morgan fingerprint density at radius 2 is 1.49 bits per heavy atom. The number of nitrogens with zero attached hydrogens (tertiary/aromatic N) is 3. The first-order valence-corrected chi connectivity index (χ1v) is 11.1. The molecule has 0 aliphatic carbocycles. The molecule has 0 N–H and O–H groups in total. The van der Waals surface area contributed by atoms with Gasteiger partial charge in [-0.3, -0.25) is 14.7 Å². The van der Waals surface area contributed by atoms with Crippen molar-refractivity contribution in [3.63, 3.8) is 0 Å². The van der Waals surface area contributed by atoms with Crippen LogP contribution in [0.25, 0.3) is 0 Å². The van der Waals surface area contributed by atoms with Crippen LogP contribution in [0.4, 0.5) is 32.0 Å². The molecule has 1 amide bonds. The highest BCUT2D eigenvalue weighted by molar-refractivity contribution is 6.46. The number of carbonyl (C=O) groups excluding carboxylic acids is 1. The SMILES string of the molecule is CC(C)(N=C1C[C@H](c2ccccc2)N(c2ccc(OC(F)(F)F)cc2)C1=O)c1cccc(C(F)(F)F)n1. The first-order valence-electron chi connectivity index (χ1n) is 11.1. The van der Waals surface area contributed by atoms with Crippen LogP contribution in [0, 0.1) is 0 Å². The number of hydrogen-bond donors (Lipinski definition) is 0. The molecule has 0 bridgehead atoms. The van der Waals surface area contributed by atoms with E-state index in [9.17, 15) is 31.1 Å². The van der Waals surface area contributed by atoms with Gasteiger partial charge in [0.25, 0.3) is 5.91 Å². The van der Waals surface area contributed by atoms with Gasteiger partial charge in [-0.25, -0.2) is 4.98 Å². The van der Waals surface area contributed by atoms with Crippen LogP contribution < -0.4 is 9.64 Å². The number of benzene rings is 2. The Balaban J connectivity index is 1.71. The number of alkyl halides is 6. The van der Waals surface area contributed by atoms with Gasteiger partial charge < -0.3 is 4.74 Å². The summed E-state index contributed by atoms with van der Waals surface area (Å²) in [6.45, 7) is 3.11. The number of pyridine rings is 1. The Kier molecular flexibility index (Phi) is 6.74. The maximum absolute atomic E-state index is 13.5. The van der Waals surface area contributed by atoms with Crippen LogP contribution in [0.2, 0.25) is 0 Å². The van der Waals surface area contributed by atoms with Crippen LogP contribution >= 0.6 is 0 Å². The van der Waals surface area contributed by atoms with Gasteiger partial charge in [0, 0.05) is 12.1 Å². The summed E-state index contributed by atoms with van der Waals surface area (Å²) in [5.74, 6) is -0.955. The van der Waals surface area contributed by atoms with Gasteiger partial charge in [-0.1, -0.05) is 36.4 Å². The van der Waals surface area contributed by atoms with Gasteiger partial charge in [0.2, 0.25) is 0 Å². The van der Waals surface area contributed by atoms with Gasteiger partial charge in [0.1, 0.15) is 17.2 Å². The predicted octanol–water partition coefficient (Wildman–Crippen LogP) is 6.85. The van der Waals surface area contributed by atoms with Crippen molar-refractivity contribution in [2.24, 2.45) is 4.99 Å². The number of aromatic nitrogens is 1. The molecule has 4 rings (SSSR count). The van der Waals surface area contributed by atoms with E-state index >= 15 is 0 Å². The number of aliphatic imine (C=N–C) groups is 1. The van der Waals surface area contributed by atoms with Crippen molar-refractivity contribution in [3.8, 4) is 5.75 Å². The summed E-state index contributed by atoms with van der Waals surface area (Å²) in [5.41, 5.74) is -1.13. The average Bonchev–Trinajstić information content (AvgIpc) is 3.14. The minimum atomic E-state index is -4.86. The van der Waals surface area contributed by atoms with E-state index in [1.54, 1.807) is 44.2 Å².